The Kier molecular flexibility index (Phi) is 12.4. The van der Waals surface area contributed by atoms with Gasteiger partial charge in [0.05, 0.1) is 11.5 Å². The molecule has 0 saturated carbocycles. The molecule has 3 aliphatic rings. The van der Waals surface area contributed by atoms with Crippen molar-refractivity contribution in [2.24, 2.45) is 0 Å². The Hall–Kier alpha value is -5.55. The standard InChI is InChI=1S/C32H34FN7O2.2C2HF3O2/c1-39-13-4-7-22(39)18-42-31-36-29-26(30(37-31)40-17-21-9-11-32(19-40,38-21)10-5-12-34)16-35-28(27(29)33)25-15-23(41)14-20-6-2-3-8-24(20)25;2*3-2(4,5)1(6)7/h2-3,6,8,14-16,21-22,38,41H,4-5,7,9-11,13,17-19H2,1H3;2*(H,6,7)/t21?,22-,32?;;/m0../s1. The zero-order valence-electron chi connectivity index (χ0n) is 29.7. The van der Waals surface area contributed by atoms with Crippen LogP contribution in [-0.4, -0.2) is 110 Å². The van der Waals surface area contributed by atoms with Crippen LogP contribution in [0.2, 0.25) is 0 Å². The summed E-state index contributed by atoms with van der Waals surface area (Å²) in [5.74, 6) is -5.45. The predicted octanol–water partition coefficient (Wildman–Crippen LogP) is 6.04. The molecule has 0 aliphatic carbocycles. The number of carbonyl (C=O) groups is 2. The molecule has 3 atom stereocenters. The van der Waals surface area contributed by atoms with Crippen molar-refractivity contribution >= 4 is 39.4 Å². The summed E-state index contributed by atoms with van der Waals surface area (Å²) in [6.07, 6.45) is -3.16. The zero-order valence-corrected chi connectivity index (χ0v) is 29.7. The van der Waals surface area contributed by atoms with Gasteiger partial charge in [-0.1, -0.05) is 24.3 Å². The second-order valence-corrected chi connectivity index (χ2v) is 13.6. The van der Waals surface area contributed by atoms with Crippen molar-refractivity contribution in [2.75, 3.05) is 38.2 Å². The van der Waals surface area contributed by atoms with Crippen LogP contribution in [-0.2, 0) is 9.59 Å². The number of nitriles is 1. The number of nitrogens with one attached hydrogen (secondary N) is 1. The van der Waals surface area contributed by atoms with E-state index in [0.717, 1.165) is 49.4 Å². The van der Waals surface area contributed by atoms with Crippen LogP contribution in [0.5, 0.6) is 11.8 Å². The van der Waals surface area contributed by atoms with Crippen LogP contribution in [0.1, 0.15) is 38.5 Å². The number of aliphatic carboxylic acids is 2. The van der Waals surface area contributed by atoms with E-state index < -0.39 is 30.1 Å². The van der Waals surface area contributed by atoms with E-state index >= 15 is 4.39 Å². The van der Waals surface area contributed by atoms with Gasteiger partial charge in [-0.15, -0.1) is 0 Å². The summed E-state index contributed by atoms with van der Waals surface area (Å²) in [7, 11) is 2.09. The number of phenolic OH excluding ortho intramolecular Hbond substituents is 1. The molecule has 20 heteroatoms. The van der Waals surface area contributed by atoms with Gasteiger partial charge in [-0.2, -0.15) is 41.6 Å². The smallest absolute Gasteiger partial charge is 0.490 e. The second-order valence-electron chi connectivity index (χ2n) is 13.6. The molecular weight excluding hydrogens is 759 g/mol. The van der Waals surface area contributed by atoms with Gasteiger partial charge in [-0.05, 0) is 68.6 Å². The van der Waals surface area contributed by atoms with Gasteiger partial charge in [-0.25, -0.2) is 14.0 Å². The Morgan fingerprint density at radius 1 is 1.05 bits per heavy atom. The first-order chi connectivity index (χ1) is 26.3. The number of rotatable bonds is 7. The molecule has 4 N–H and O–H groups in total. The van der Waals surface area contributed by atoms with E-state index in [1.54, 1.807) is 18.3 Å². The lowest BCUT2D eigenvalue weighted by molar-refractivity contribution is -0.193. The third-order valence-corrected chi connectivity index (χ3v) is 9.74. The summed E-state index contributed by atoms with van der Waals surface area (Å²) in [5, 5.41) is 39.8. The summed E-state index contributed by atoms with van der Waals surface area (Å²) < 4.78 is 86.2. The molecule has 2 aromatic heterocycles. The molecule has 4 aromatic rings. The van der Waals surface area contributed by atoms with Gasteiger partial charge in [0.1, 0.15) is 29.4 Å². The molecule has 300 valence electrons. The molecular formula is C36H36F7N7O6. The van der Waals surface area contributed by atoms with E-state index in [-0.39, 0.29) is 40.6 Å². The number of halogens is 7. The maximum Gasteiger partial charge on any atom is 0.490 e. The van der Waals surface area contributed by atoms with E-state index in [9.17, 15) is 36.7 Å². The molecule has 0 spiro atoms. The number of carboxylic acids is 2. The van der Waals surface area contributed by atoms with Gasteiger partial charge >= 0.3 is 30.3 Å². The molecule has 3 aliphatic heterocycles. The number of benzene rings is 2. The van der Waals surface area contributed by atoms with Gasteiger partial charge in [-0.3, -0.25) is 4.98 Å². The third kappa shape index (κ3) is 9.63. The Morgan fingerprint density at radius 2 is 1.73 bits per heavy atom. The molecule has 0 radical (unpaired) electrons. The highest BCUT2D eigenvalue weighted by Crippen LogP contribution is 2.40. The molecule has 0 amide bonds. The van der Waals surface area contributed by atoms with Crippen LogP contribution in [0.25, 0.3) is 32.9 Å². The van der Waals surface area contributed by atoms with Crippen molar-refractivity contribution in [1.29, 1.82) is 5.26 Å². The molecule has 7 rings (SSSR count). The first-order valence-electron chi connectivity index (χ1n) is 17.2. The minimum Gasteiger partial charge on any atom is -0.508 e. The van der Waals surface area contributed by atoms with Crippen LogP contribution in [0, 0.1) is 17.1 Å². The molecule has 2 unspecified atom stereocenters. The van der Waals surface area contributed by atoms with Gasteiger partial charge < -0.3 is 35.2 Å². The second kappa shape index (κ2) is 16.7. The fourth-order valence-electron chi connectivity index (χ4n) is 7.08. The Balaban J connectivity index is 0.000000367. The average molecular weight is 796 g/mol. The fourth-order valence-corrected chi connectivity index (χ4v) is 7.08. The van der Waals surface area contributed by atoms with Crippen LogP contribution >= 0.6 is 0 Å². The number of nitrogens with zero attached hydrogens (tertiary/aromatic N) is 6. The lowest BCUT2D eigenvalue weighted by Gasteiger charge is -2.42. The SMILES string of the molecule is CN1CCC[C@H]1COc1nc(N2CC3CCC(CCC#N)(C2)N3)c2cnc(-c3cc(O)cc4ccccc34)c(F)c2n1.O=C(O)C(F)(F)F.O=C(O)C(F)(F)F. The Morgan fingerprint density at radius 3 is 2.36 bits per heavy atom. The molecule has 3 fully saturated rings. The van der Waals surface area contributed by atoms with Crippen molar-refractivity contribution in [3.8, 4) is 29.1 Å². The number of hydrogen-bond donors (Lipinski definition) is 4. The topological polar surface area (TPSA) is 185 Å². The maximum atomic E-state index is 16.6. The summed E-state index contributed by atoms with van der Waals surface area (Å²) >= 11 is 0. The number of piperazine rings is 1. The number of aromatic hydroxyl groups is 1. The lowest BCUT2D eigenvalue weighted by Crippen LogP contribution is -2.59. The molecule has 13 nitrogen and oxygen atoms in total. The van der Waals surface area contributed by atoms with E-state index in [0.29, 0.717) is 42.9 Å². The highest BCUT2D eigenvalue weighted by atomic mass is 19.4. The highest BCUT2D eigenvalue weighted by Gasteiger charge is 2.45. The van der Waals surface area contributed by atoms with Crippen molar-refractivity contribution < 1.29 is 60.4 Å². The maximum absolute atomic E-state index is 16.6. The largest absolute Gasteiger partial charge is 0.508 e. The van der Waals surface area contributed by atoms with E-state index in [1.807, 2.05) is 24.3 Å². The van der Waals surface area contributed by atoms with Crippen LogP contribution in [0.4, 0.5) is 36.6 Å². The molecule has 2 aromatic carbocycles. The average Bonchev–Trinajstić information content (AvgIpc) is 3.69. The van der Waals surface area contributed by atoms with Crippen molar-refractivity contribution in [1.82, 2.24) is 25.2 Å². The van der Waals surface area contributed by atoms with Gasteiger partial charge in [0.15, 0.2) is 5.82 Å². The normalized spacial score (nSPS) is 20.8. The Bertz CT molecular complexity index is 2110. The summed E-state index contributed by atoms with van der Waals surface area (Å²) in [4.78, 5) is 36.3. The Labute approximate surface area is 314 Å². The van der Waals surface area contributed by atoms with Crippen LogP contribution in [0.3, 0.4) is 0 Å². The van der Waals surface area contributed by atoms with Crippen molar-refractivity contribution in [3.05, 3.63) is 48.4 Å². The number of carboxylic acid groups (broad SMARTS) is 2. The van der Waals surface area contributed by atoms with Gasteiger partial charge in [0.2, 0.25) is 0 Å². The first kappa shape index (κ1) is 41.6. The lowest BCUT2D eigenvalue weighted by atomic mass is 9.91. The molecule has 56 heavy (non-hydrogen) atoms. The number of anilines is 1. The summed E-state index contributed by atoms with van der Waals surface area (Å²) in [6, 6.07) is 13.7. The van der Waals surface area contributed by atoms with Crippen LogP contribution < -0.4 is 15.0 Å². The fraction of sp³-hybridized carbons (Fsp3) is 0.444. The van der Waals surface area contributed by atoms with Gasteiger partial charge in [0.25, 0.3) is 0 Å². The summed E-state index contributed by atoms with van der Waals surface area (Å²) in [6.45, 7) is 2.81. The van der Waals surface area contributed by atoms with E-state index in [4.69, 9.17) is 29.5 Å². The van der Waals surface area contributed by atoms with Crippen molar-refractivity contribution in [3.63, 3.8) is 0 Å². The molecule has 5 heterocycles. The number of phenols is 1. The number of likely N-dealkylation sites (N-methyl/N-ethyl adjacent to an activating group) is 1. The first-order valence-corrected chi connectivity index (χ1v) is 17.2. The zero-order chi connectivity index (χ0) is 41.0. The number of ether oxygens (including phenoxy) is 1. The minimum absolute atomic E-state index is 0.0389. The number of fused-ring (bicyclic) bond motifs is 4. The predicted molar refractivity (Wildman–Crippen MR) is 186 cm³/mol. The monoisotopic (exact) mass is 795 g/mol. The van der Waals surface area contributed by atoms with Gasteiger partial charge in [0, 0.05) is 48.9 Å². The van der Waals surface area contributed by atoms with E-state index in [2.05, 4.69) is 38.2 Å². The quantitative estimate of drug-likeness (QED) is 0.159. The van der Waals surface area contributed by atoms with Crippen molar-refractivity contribution in [2.45, 2.75) is 68.5 Å². The molecule has 3 saturated heterocycles. The third-order valence-electron chi connectivity index (χ3n) is 9.74. The summed E-state index contributed by atoms with van der Waals surface area (Å²) in [5.41, 5.74) is 0.572. The number of pyridine rings is 1. The highest BCUT2D eigenvalue weighted by molar-refractivity contribution is 6.00. The van der Waals surface area contributed by atoms with E-state index in [1.165, 1.54) is 0 Å². The van der Waals surface area contributed by atoms with Crippen LogP contribution in [0.15, 0.2) is 42.6 Å². The number of hydrogen-bond acceptors (Lipinski definition) is 11. The number of aromatic nitrogens is 3. The molecule has 2 bridgehead atoms. The number of alkyl halides is 6. The number of likely N-dealkylation sites (tertiary alicyclic amines) is 1. The minimum atomic E-state index is -5.08.